The molecule has 3 rings (SSSR count). The summed E-state index contributed by atoms with van der Waals surface area (Å²) in [6, 6.07) is 7.25. The molecule has 1 aromatic rings. The molecule has 1 aromatic carbocycles. The average molecular weight is 302 g/mol. The summed E-state index contributed by atoms with van der Waals surface area (Å²) in [7, 11) is 0. The van der Waals surface area contributed by atoms with Crippen LogP contribution in [0.4, 0.5) is 0 Å². The maximum Gasteiger partial charge on any atom is 0.253 e. The molecule has 1 aliphatic heterocycles. The number of piperazine rings is 1. The molecule has 2 aliphatic rings. The van der Waals surface area contributed by atoms with Gasteiger partial charge in [-0.15, -0.1) is 0 Å². The van der Waals surface area contributed by atoms with Crippen LogP contribution in [-0.4, -0.2) is 54.4 Å². The van der Waals surface area contributed by atoms with E-state index in [0.717, 1.165) is 18.6 Å². The van der Waals surface area contributed by atoms with Crippen LogP contribution in [-0.2, 0) is 4.79 Å². The molecule has 1 saturated carbocycles. The van der Waals surface area contributed by atoms with Crippen molar-refractivity contribution in [2.24, 2.45) is 5.92 Å². The van der Waals surface area contributed by atoms with E-state index >= 15 is 0 Å². The lowest BCUT2D eigenvalue weighted by Crippen LogP contribution is -2.51. The number of ether oxygens (including phenoxy) is 1. The minimum atomic E-state index is 0.0292. The van der Waals surface area contributed by atoms with Crippen molar-refractivity contribution >= 4 is 11.8 Å². The van der Waals surface area contributed by atoms with Crippen LogP contribution in [0.2, 0.25) is 0 Å². The summed E-state index contributed by atoms with van der Waals surface area (Å²) in [5, 5.41) is 0. The molecule has 0 spiro atoms. The Morgan fingerprint density at radius 1 is 1.05 bits per heavy atom. The minimum Gasteiger partial charge on any atom is -0.494 e. The van der Waals surface area contributed by atoms with E-state index in [-0.39, 0.29) is 17.7 Å². The number of hydrogen-bond acceptors (Lipinski definition) is 3. The van der Waals surface area contributed by atoms with E-state index in [9.17, 15) is 9.59 Å². The third-order valence-electron chi connectivity index (χ3n) is 4.22. The maximum absolute atomic E-state index is 12.5. The Labute approximate surface area is 130 Å². The van der Waals surface area contributed by atoms with Gasteiger partial charge >= 0.3 is 0 Å². The Kier molecular flexibility index (Phi) is 4.32. The van der Waals surface area contributed by atoms with Gasteiger partial charge in [0.2, 0.25) is 5.91 Å². The zero-order valence-corrected chi connectivity index (χ0v) is 13.0. The van der Waals surface area contributed by atoms with Gasteiger partial charge in [-0.1, -0.05) is 0 Å². The van der Waals surface area contributed by atoms with Crippen molar-refractivity contribution in [2.45, 2.75) is 19.8 Å². The lowest BCUT2D eigenvalue weighted by atomic mass is 10.1. The molecule has 0 unspecified atom stereocenters. The van der Waals surface area contributed by atoms with Gasteiger partial charge in [-0.3, -0.25) is 9.59 Å². The second kappa shape index (κ2) is 6.38. The number of rotatable bonds is 4. The lowest BCUT2D eigenvalue weighted by molar-refractivity contribution is -0.134. The predicted molar refractivity (Wildman–Crippen MR) is 82.8 cm³/mol. The normalized spacial score (nSPS) is 18.2. The minimum absolute atomic E-state index is 0.0292. The van der Waals surface area contributed by atoms with Crippen molar-refractivity contribution in [3.63, 3.8) is 0 Å². The lowest BCUT2D eigenvalue weighted by Gasteiger charge is -2.35. The Morgan fingerprint density at radius 2 is 1.64 bits per heavy atom. The van der Waals surface area contributed by atoms with Crippen LogP contribution < -0.4 is 4.74 Å². The van der Waals surface area contributed by atoms with E-state index in [0.29, 0.717) is 38.3 Å². The molecule has 2 amide bonds. The van der Waals surface area contributed by atoms with Crippen molar-refractivity contribution in [2.75, 3.05) is 32.8 Å². The molecule has 118 valence electrons. The number of hydrogen-bond donors (Lipinski definition) is 0. The Balaban J connectivity index is 1.55. The zero-order valence-electron chi connectivity index (χ0n) is 13.0. The van der Waals surface area contributed by atoms with Crippen molar-refractivity contribution in [3.05, 3.63) is 29.8 Å². The van der Waals surface area contributed by atoms with Gasteiger partial charge in [0.05, 0.1) is 6.61 Å². The van der Waals surface area contributed by atoms with Gasteiger partial charge in [0.1, 0.15) is 5.75 Å². The predicted octanol–water partition coefficient (Wildman–Crippen LogP) is 1.78. The number of nitrogens with zero attached hydrogens (tertiary/aromatic N) is 2. The zero-order chi connectivity index (χ0) is 15.5. The summed E-state index contributed by atoms with van der Waals surface area (Å²) < 4.78 is 5.39. The van der Waals surface area contributed by atoms with Crippen molar-refractivity contribution < 1.29 is 14.3 Å². The Bertz CT molecular complexity index is 544. The summed E-state index contributed by atoms with van der Waals surface area (Å²) in [4.78, 5) is 28.2. The van der Waals surface area contributed by atoms with Gasteiger partial charge in [-0.2, -0.15) is 0 Å². The number of carbonyl (C=O) groups excluding carboxylic acids is 2. The molecule has 0 aromatic heterocycles. The third-order valence-corrected chi connectivity index (χ3v) is 4.22. The first kappa shape index (κ1) is 14.9. The molecule has 22 heavy (non-hydrogen) atoms. The van der Waals surface area contributed by atoms with Crippen LogP contribution in [0.1, 0.15) is 30.1 Å². The van der Waals surface area contributed by atoms with Gasteiger partial charge in [-0.05, 0) is 44.0 Å². The molecular formula is C17H22N2O3. The molecule has 1 saturated heterocycles. The Morgan fingerprint density at radius 3 is 2.18 bits per heavy atom. The van der Waals surface area contributed by atoms with Crippen LogP contribution in [0, 0.1) is 5.92 Å². The van der Waals surface area contributed by atoms with Gasteiger partial charge < -0.3 is 14.5 Å². The molecule has 2 fully saturated rings. The maximum atomic E-state index is 12.5. The number of amides is 2. The van der Waals surface area contributed by atoms with E-state index < -0.39 is 0 Å². The SMILES string of the molecule is CCOc1ccc(C(=O)N2CCN(C(=O)C3CC3)CC2)cc1. The first-order valence-electron chi connectivity index (χ1n) is 8.00. The molecule has 0 atom stereocenters. The second-order valence-corrected chi connectivity index (χ2v) is 5.85. The number of benzene rings is 1. The molecule has 1 heterocycles. The smallest absolute Gasteiger partial charge is 0.253 e. The van der Waals surface area contributed by atoms with Gasteiger partial charge in [0, 0.05) is 37.7 Å². The van der Waals surface area contributed by atoms with E-state index in [1.807, 2.05) is 28.9 Å². The summed E-state index contributed by atoms with van der Waals surface area (Å²) in [5.41, 5.74) is 0.672. The molecule has 0 bridgehead atoms. The van der Waals surface area contributed by atoms with E-state index in [4.69, 9.17) is 4.74 Å². The van der Waals surface area contributed by atoms with Crippen LogP contribution in [0.15, 0.2) is 24.3 Å². The van der Waals surface area contributed by atoms with Gasteiger partial charge in [-0.25, -0.2) is 0 Å². The molecular weight excluding hydrogens is 280 g/mol. The van der Waals surface area contributed by atoms with E-state index in [2.05, 4.69) is 0 Å². The first-order chi connectivity index (χ1) is 10.7. The van der Waals surface area contributed by atoms with Crippen LogP contribution in [0.5, 0.6) is 5.75 Å². The Hall–Kier alpha value is -2.04. The third kappa shape index (κ3) is 3.24. The highest BCUT2D eigenvalue weighted by atomic mass is 16.5. The molecule has 0 N–H and O–H groups in total. The average Bonchev–Trinajstić information content (AvgIpc) is 3.40. The van der Waals surface area contributed by atoms with Gasteiger partial charge in [0.25, 0.3) is 5.91 Å². The highest BCUT2D eigenvalue weighted by Crippen LogP contribution is 2.31. The quantitative estimate of drug-likeness (QED) is 0.852. The molecule has 0 radical (unpaired) electrons. The highest BCUT2D eigenvalue weighted by Gasteiger charge is 2.35. The summed E-state index contributed by atoms with van der Waals surface area (Å²) in [5.74, 6) is 1.34. The van der Waals surface area contributed by atoms with Crippen LogP contribution in [0.3, 0.4) is 0 Å². The summed E-state index contributed by atoms with van der Waals surface area (Å²) >= 11 is 0. The monoisotopic (exact) mass is 302 g/mol. The standard InChI is InChI=1S/C17H22N2O3/c1-2-22-15-7-5-14(6-8-15)17(21)19-11-9-18(10-12-19)16(20)13-3-4-13/h5-8,13H,2-4,9-12H2,1H3. The molecule has 5 heteroatoms. The van der Waals surface area contributed by atoms with E-state index in [1.54, 1.807) is 12.1 Å². The first-order valence-corrected chi connectivity index (χ1v) is 8.00. The van der Waals surface area contributed by atoms with Crippen molar-refractivity contribution in [1.29, 1.82) is 0 Å². The largest absolute Gasteiger partial charge is 0.494 e. The fourth-order valence-electron chi connectivity index (χ4n) is 2.76. The van der Waals surface area contributed by atoms with E-state index in [1.165, 1.54) is 0 Å². The van der Waals surface area contributed by atoms with Crippen molar-refractivity contribution in [3.8, 4) is 5.75 Å². The topological polar surface area (TPSA) is 49.9 Å². The second-order valence-electron chi connectivity index (χ2n) is 5.85. The fraction of sp³-hybridized carbons (Fsp3) is 0.529. The number of carbonyl (C=O) groups is 2. The van der Waals surface area contributed by atoms with Crippen molar-refractivity contribution in [1.82, 2.24) is 9.80 Å². The highest BCUT2D eigenvalue weighted by molar-refractivity contribution is 5.94. The van der Waals surface area contributed by atoms with Crippen LogP contribution in [0.25, 0.3) is 0 Å². The summed E-state index contributed by atoms with van der Waals surface area (Å²) in [6.45, 7) is 5.08. The molecule has 1 aliphatic carbocycles. The summed E-state index contributed by atoms with van der Waals surface area (Å²) in [6.07, 6.45) is 2.06. The van der Waals surface area contributed by atoms with Gasteiger partial charge in [0.15, 0.2) is 0 Å². The molecule has 5 nitrogen and oxygen atoms in total. The van der Waals surface area contributed by atoms with Crippen LogP contribution >= 0.6 is 0 Å². The fourth-order valence-corrected chi connectivity index (χ4v) is 2.76.